The van der Waals surface area contributed by atoms with Crippen LogP contribution in [-0.2, 0) is 11.3 Å². The van der Waals surface area contributed by atoms with Gasteiger partial charge in [-0.05, 0) is 6.07 Å². The lowest BCUT2D eigenvalue weighted by Crippen LogP contribution is -2.40. The van der Waals surface area contributed by atoms with Crippen LogP contribution >= 0.6 is 0 Å². The first-order valence-corrected chi connectivity index (χ1v) is 4.18. The monoisotopic (exact) mass is 190 g/mol. The second-order valence-corrected chi connectivity index (χ2v) is 2.72. The molecule has 1 amide bonds. The molecule has 14 heavy (non-hydrogen) atoms. The zero-order valence-electron chi connectivity index (χ0n) is 7.95. The highest BCUT2D eigenvalue weighted by Gasteiger charge is 2.05. The largest absolute Gasteiger partial charge is 0.298 e. The van der Waals surface area contributed by atoms with Crippen molar-refractivity contribution in [3.8, 4) is 12.3 Å². The highest BCUT2D eigenvalue weighted by atomic mass is 16.2. The Balaban J connectivity index is 2.74. The third-order valence-corrected chi connectivity index (χ3v) is 1.57. The molecule has 1 aromatic rings. The van der Waals surface area contributed by atoms with E-state index < -0.39 is 0 Å². The SMILES string of the molecule is C#CC[n+]1ccccc1NNC(C)=O. The van der Waals surface area contributed by atoms with Gasteiger partial charge in [0.25, 0.3) is 11.7 Å². The smallest absolute Gasteiger partial charge is 0.272 e. The molecule has 0 saturated heterocycles. The van der Waals surface area contributed by atoms with Gasteiger partial charge in [-0.3, -0.25) is 4.79 Å². The van der Waals surface area contributed by atoms with Gasteiger partial charge in [0.05, 0.1) is 6.20 Å². The first-order chi connectivity index (χ1) is 6.74. The van der Waals surface area contributed by atoms with E-state index in [1.54, 1.807) is 0 Å². The van der Waals surface area contributed by atoms with E-state index in [-0.39, 0.29) is 5.91 Å². The molecule has 0 bridgehead atoms. The fraction of sp³-hybridized carbons (Fsp3) is 0.200. The average molecular weight is 190 g/mol. The van der Waals surface area contributed by atoms with Crippen LogP contribution in [0.5, 0.6) is 0 Å². The molecule has 0 fully saturated rings. The molecule has 1 heterocycles. The molecule has 0 radical (unpaired) electrons. The van der Waals surface area contributed by atoms with E-state index in [9.17, 15) is 4.79 Å². The van der Waals surface area contributed by atoms with Crippen molar-refractivity contribution in [1.29, 1.82) is 0 Å². The van der Waals surface area contributed by atoms with Gasteiger partial charge in [0.1, 0.15) is 0 Å². The normalized spacial score (nSPS) is 8.86. The molecule has 1 aromatic heterocycles. The van der Waals surface area contributed by atoms with Crippen LogP contribution in [0, 0.1) is 12.3 Å². The number of nitrogens with zero attached hydrogens (tertiary/aromatic N) is 1. The van der Waals surface area contributed by atoms with Gasteiger partial charge < -0.3 is 0 Å². The fourth-order valence-corrected chi connectivity index (χ4v) is 0.978. The van der Waals surface area contributed by atoms with Gasteiger partial charge in [-0.25, -0.2) is 4.57 Å². The van der Waals surface area contributed by atoms with Gasteiger partial charge in [-0.15, -0.1) is 6.42 Å². The number of carbonyl (C=O) groups is 1. The Hall–Kier alpha value is -2.02. The molecule has 4 nitrogen and oxygen atoms in total. The van der Waals surface area contributed by atoms with E-state index in [0.29, 0.717) is 6.54 Å². The molecule has 0 aliphatic heterocycles. The number of rotatable bonds is 3. The Kier molecular flexibility index (Phi) is 3.50. The van der Waals surface area contributed by atoms with Crippen molar-refractivity contribution >= 4 is 11.7 Å². The van der Waals surface area contributed by atoms with Crippen molar-refractivity contribution in [1.82, 2.24) is 5.43 Å². The molecular formula is C10H12N3O+. The number of pyridine rings is 1. The number of amides is 1. The van der Waals surface area contributed by atoms with Crippen LogP contribution in [0.3, 0.4) is 0 Å². The minimum absolute atomic E-state index is 0.152. The summed E-state index contributed by atoms with van der Waals surface area (Å²) in [4.78, 5) is 10.7. The molecule has 0 aromatic carbocycles. The van der Waals surface area contributed by atoms with Gasteiger partial charge >= 0.3 is 0 Å². The van der Waals surface area contributed by atoms with Crippen LogP contribution in [0.25, 0.3) is 0 Å². The number of anilines is 1. The molecular weight excluding hydrogens is 178 g/mol. The summed E-state index contributed by atoms with van der Waals surface area (Å²) in [5, 5.41) is 0. The Labute approximate surface area is 82.9 Å². The second-order valence-electron chi connectivity index (χ2n) is 2.72. The topological polar surface area (TPSA) is 45.0 Å². The average Bonchev–Trinajstić information content (AvgIpc) is 2.17. The third-order valence-electron chi connectivity index (χ3n) is 1.57. The summed E-state index contributed by atoms with van der Waals surface area (Å²) in [5.74, 6) is 3.12. The van der Waals surface area contributed by atoms with Crippen LogP contribution in [0.1, 0.15) is 6.92 Å². The molecule has 0 aliphatic rings. The lowest BCUT2D eigenvalue weighted by molar-refractivity contribution is -0.670. The van der Waals surface area contributed by atoms with Gasteiger partial charge in [-0.1, -0.05) is 12.0 Å². The molecule has 4 heteroatoms. The van der Waals surface area contributed by atoms with Gasteiger partial charge in [0.15, 0.2) is 6.54 Å². The highest BCUT2D eigenvalue weighted by Crippen LogP contribution is 1.95. The zero-order chi connectivity index (χ0) is 10.4. The summed E-state index contributed by atoms with van der Waals surface area (Å²) in [6.07, 6.45) is 7.04. The minimum Gasteiger partial charge on any atom is -0.272 e. The number of carbonyl (C=O) groups excluding carboxylic acids is 1. The number of nitrogens with one attached hydrogen (secondary N) is 2. The van der Waals surface area contributed by atoms with Crippen LogP contribution in [0.2, 0.25) is 0 Å². The number of aromatic nitrogens is 1. The van der Waals surface area contributed by atoms with Crippen molar-refractivity contribution in [3.63, 3.8) is 0 Å². The fourth-order valence-electron chi connectivity index (χ4n) is 0.978. The van der Waals surface area contributed by atoms with Crippen molar-refractivity contribution in [3.05, 3.63) is 24.4 Å². The molecule has 0 atom stereocenters. The molecule has 72 valence electrons. The number of hydrazine groups is 1. The van der Waals surface area contributed by atoms with E-state index in [4.69, 9.17) is 6.42 Å². The van der Waals surface area contributed by atoms with Crippen molar-refractivity contribution in [2.45, 2.75) is 13.5 Å². The molecule has 1 rings (SSSR count). The Morgan fingerprint density at radius 2 is 2.43 bits per heavy atom. The van der Waals surface area contributed by atoms with E-state index >= 15 is 0 Å². The number of terminal acetylenes is 1. The van der Waals surface area contributed by atoms with Crippen molar-refractivity contribution < 1.29 is 9.36 Å². The van der Waals surface area contributed by atoms with Crippen LogP contribution in [0.15, 0.2) is 24.4 Å². The van der Waals surface area contributed by atoms with Gasteiger partial charge in [-0.2, -0.15) is 10.9 Å². The Bertz CT molecular complexity index is 368. The van der Waals surface area contributed by atoms with E-state index in [1.807, 2.05) is 29.0 Å². The van der Waals surface area contributed by atoms with Crippen molar-refractivity contribution in [2.24, 2.45) is 0 Å². The second kappa shape index (κ2) is 4.87. The van der Waals surface area contributed by atoms with Gasteiger partial charge in [0.2, 0.25) is 0 Å². The lowest BCUT2D eigenvalue weighted by atomic mass is 10.4. The Morgan fingerprint density at radius 3 is 3.07 bits per heavy atom. The number of hydrogen-bond donors (Lipinski definition) is 2. The maximum Gasteiger partial charge on any atom is 0.298 e. The van der Waals surface area contributed by atoms with E-state index in [0.717, 1.165) is 5.82 Å². The Morgan fingerprint density at radius 1 is 1.64 bits per heavy atom. The molecule has 0 saturated carbocycles. The summed E-state index contributed by atoms with van der Waals surface area (Å²) in [5.41, 5.74) is 5.25. The lowest BCUT2D eigenvalue weighted by Gasteiger charge is -2.03. The summed E-state index contributed by atoms with van der Waals surface area (Å²) >= 11 is 0. The zero-order valence-corrected chi connectivity index (χ0v) is 7.95. The summed E-state index contributed by atoms with van der Waals surface area (Å²) in [6.45, 7) is 1.89. The van der Waals surface area contributed by atoms with Gasteiger partial charge in [0, 0.05) is 13.0 Å². The number of hydrogen-bond acceptors (Lipinski definition) is 2. The maximum atomic E-state index is 10.7. The van der Waals surface area contributed by atoms with Crippen LogP contribution < -0.4 is 15.4 Å². The predicted molar refractivity (Wildman–Crippen MR) is 52.9 cm³/mol. The highest BCUT2D eigenvalue weighted by molar-refractivity contribution is 5.73. The van der Waals surface area contributed by atoms with E-state index in [2.05, 4.69) is 16.8 Å². The first kappa shape index (κ1) is 10.1. The summed E-state index contributed by atoms with van der Waals surface area (Å²) in [6, 6.07) is 5.56. The molecule has 2 N–H and O–H groups in total. The van der Waals surface area contributed by atoms with Crippen LogP contribution in [-0.4, -0.2) is 5.91 Å². The van der Waals surface area contributed by atoms with Crippen LogP contribution in [0.4, 0.5) is 5.82 Å². The molecule has 0 aliphatic carbocycles. The summed E-state index contributed by atoms with van der Waals surface area (Å²) in [7, 11) is 0. The molecule has 0 spiro atoms. The standard InChI is InChI=1S/C10H11N3O/c1-3-7-13-8-5-4-6-10(13)12-11-9(2)14/h1,4-6,8H,7H2,2H3,(H,11,14)/p+1. The quantitative estimate of drug-likeness (QED) is 0.402. The summed E-state index contributed by atoms with van der Waals surface area (Å²) < 4.78 is 1.82. The van der Waals surface area contributed by atoms with E-state index in [1.165, 1.54) is 6.92 Å². The van der Waals surface area contributed by atoms with Crippen molar-refractivity contribution in [2.75, 3.05) is 5.43 Å². The minimum atomic E-state index is -0.152. The maximum absolute atomic E-state index is 10.7. The molecule has 0 unspecified atom stereocenters. The third kappa shape index (κ3) is 2.79. The first-order valence-electron chi connectivity index (χ1n) is 4.18. The predicted octanol–water partition coefficient (Wildman–Crippen LogP) is 0.0703.